The topological polar surface area (TPSA) is 39.1 Å². The van der Waals surface area contributed by atoms with Crippen molar-refractivity contribution in [2.24, 2.45) is 18.9 Å². The van der Waals surface area contributed by atoms with Crippen molar-refractivity contribution in [3.63, 3.8) is 0 Å². The van der Waals surface area contributed by atoms with Gasteiger partial charge in [0.1, 0.15) is 0 Å². The molecule has 21 heavy (non-hydrogen) atoms. The SMILES string of the molecule is CCc1nn(C)c(CC(CNCCOC)CC(C)C)c1Cl. The predicted octanol–water partition coefficient (Wildman–Crippen LogP) is 3.08. The highest BCUT2D eigenvalue weighted by Gasteiger charge is 2.18. The van der Waals surface area contributed by atoms with Gasteiger partial charge in [-0.15, -0.1) is 0 Å². The average molecular weight is 316 g/mol. The monoisotopic (exact) mass is 315 g/mol. The summed E-state index contributed by atoms with van der Waals surface area (Å²) in [6.07, 6.45) is 3.04. The summed E-state index contributed by atoms with van der Waals surface area (Å²) in [4.78, 5) is 0. The van der Waals surface area contributed by atoms with Gasteiger partial charge in [0.15, 0.2) is 0 Å². The first-order valence-electron chi connectivity index (χ1n) is 7.89. The Bertz CT molecular complexity index is 418. The Labute approximate surface area is 134 Å². The quantitative estimate of drug-likeness (QED) is 0.674. The molecule has 0 saturated heterocycles. The number of rotatable bonds is 10. The highest BCUT2D eigenvalue weighted by molar-refractivity contribution is 6.31. The Morgan fingerprint density at radius 1 is 1.38 bits per heavy atom. The van der Waals surface area contributed by atoms with Crippen molar-refractivity contribution in [1.29, 1.82) is 0 Å². The zero-order valence-electron chi connectivity index (χ0n) is 14.1. The predicted molar refractivity (Wildman–Crippen MR) is 89.0 cm³/mol. The first-order chi connectivity index (χ1) is 9.99. The molecule has 122 valence electrons. The number of aromatic nitrogens is 2. The van der Waals surface area contributed by atoms with Gasteiger partial charge in [0.05, 0.1) is 23.0 Å². The largest absolute Gasteiger partial charge is 0.383 e. The molecular formula is C16H30ClN3O. The summed E-state index contributed by atoms with van der Waals surface area (Å²) in [7, 11) is 3.72. The molecule has 1 N–H and O–H groups in total. The number of hydrogen-bond acceptors (Lipinski definition) is 3. The van der Waals surface area contributed by atoms with Crippen LogP contribution < -0.4 is 5.32 Å². The molecule has 0 aliphatic carbocycles. The molecule has 0 spiro atoms. The van der Waals surface area contributed by atoms with Crippen LogP contribution in [-0.4, -0.2) is 36.6 Å². The van der Waals surface area contributed by atoms with Gasteiger partial charge in [-0.05, 0) is 37.6 Å². The fourth-order valence-electron chi connectivity index (χ4n) is 2.70. The number of nitrogens with zero attached hydrogens (tertiary/aromatic N) is 2. The van der Waals surface area contributed by atoms with E-state index in [1.807, 2.05) is 11.7 Å². The summed E-state index contributed by atoms with van der Waals surface area (Å²) in [5, 5.41) is 8.84. The third-order valence-corrected chi connectivity index (χ3v) is 4.14. The van der Waals surface area contributed by atoms with Crippen LogP contribution in [0, 0.1) is 11.8 Å². The lowest BCUT2D eigenvalue weighted by molar-refractivity contribution is 0.197. The van der Waals surface area contributed by atoms with Crippen LogP contribution in [0.2, 0.25) is 5.02 Å². The van der Waals surface area contributed by atoms with Gasteiger partial charge in [0.2, 0.25) is 0 Å². The van der Waals surface area contributed by atoms with Crippen molar-refractivity contribution in [3.05, 3.63) is 16.4 Å². The lowest BCUT2D eigenvalue weighted by atomic mass is 9.92. The Balaban J connectivity index is 2.69. The molecule has 0 bridgehead atoms. The van der Waals surface area contributed by atoms with Crippen LogP contribution in [0.5, 0.6) is 0 Å². The molecule has 0 aromatic carbocycles. The minimum atomic E-state index is 0.569. The second kappa shape index (κ2) is 9.44. The van der Waals surface area contributed by atoms with Gasteiger partial charge in [-0.3, -0.25) is 4.68 Å². The van der Waals surface area contributed by atoms with Crippen LogP contribution in [0.15, 0.2) is 0 Å². The van der Waals surface area contributed by atoms with E-state index >= 15 is 0 Å². The molecular weight excluding hydrogens is 286 g/mol. The highest BCUT2D eigenvalue weighted by Crippen LogP contribution is 2.25. The molecule has 1 atom stereocenters. The molecule has 1 aromatic heterocycles. The van der Waals surface area contributed by atoms with Gasteiger partial charge in [0, 0.05) is 20.7 Å². The smallest absolute Gasteiger partial charge is 0.0849 e. The average Bonchev–Trinajstić information content (AvgIpc) is 2.70. The first kappa shape index (κ1) is 18.5. The van der Waals surface area contributed by atoms with Crippen LogP contribution in [0.3, 0.4) is 0 Å². The molecule has 4 nitrogen and oxygen atoms in total. The minimum absolute atomic E-state index is 0.569. The van der Waals surface area contributed by atoms with Crippen molar-refractivity contribution in [2.45, 2.75) is 40.0 Å². The molecule has 0 saturated carbocycles. The highest BCUT2D eigenvalue weighted by atomic mass is 35.5. The second-order valence-corrected chi connectivity index (χ2v) is 6.46. The van der Waals surface area contributed by atoms with E-state index in [4.69, 9.17) is 16.3 Å². The Hall–Kier alpha value is -0.580. The summed E-state index contributed by atoms with van der Waals surface area (Å²) in [6, 6.07) is 0. The number of aryl methyl sites for hydroxylation is 2. The molecule has 5 heteroatoms. The summed E-state index contributed by atoms with van der Waals surface area (Å²) in [6.45, 7) is 9.26. The van der Waals surface area contributed by atoms with Gasteiger partial charge in [-0.2, -0.15) is 5.10 Å². The maximum absolute atomic E-state index is 6.47. The molecule has 0 aliphatic rings. The number of nitrogens with one attached hydrogen (secondary N) is 1. The van der Waals surface area contributed by atoms with E-state index in [9.17, 15) is 0 Å². The van der Waals surface area contributed by atoms with E-state index in [2.05, 4.69) is 31.2 Å². The normalized spacial score (nSPS) is 13.1. The van der Waals surface area contributed by atoms with Crippen LogP contribution in [-0.2, 0) is 24.6 Å². The van der Waals surface area contributed by atoms with Crippen LogP contribution in [0.25, 0.3) is 0 Å². The summed E-state index contributed by atoms with van der Waals surface area (Å²) in [5.41, 5.74) is 2.16. The fraction of sp³-hybridized carbons (Fsp3) is 0.812. The number of halogens is 1. The third-order valence-electron chi connectivity index (χ3n) is 3.71. The Morgan fingerprint density at radius 2 is 2.10 bits per heavy atom. The summed E-state index contributed by atoms with van der Waals surface area (Å²) in [5.74, 6) is 1.25. The Morgan fingerprint density at radius 3 is 2.62 bits per heavy atom. The number of hydrogen-bond donors (Lipinski definition) is 1. The van der Waals surface area contributed by atoms with Crippen molar-refractivity contribution < 1.29 is 4.74 Å². The van der Waals surface area contributed by atoms with E-state index in [0.717, 1.165) is 48.9 Å². The van der Waals surface area contributed by atoms with E-state index in [-0.39, 0.29) is 0 Å². The minimum Gasteiger partial charge on any atom is -0.383 e. The summed E-state index contributed by atoms with van der Waals surface area (Å²) < 4.78 is 7.03. The van der Waals surface area contributed by atoms with Gasteiger partial charge in [-0.1, -0.05) is 32.4 Å². The molecule has 1 rings (SSSR count). The lowest BCUT2D eigenvalue weighted by Gasteiger charge is -2.20. The van der Waals surface area contributed by atoms with Crippen molar-refractivity contribution in [2.75, 3.05) is 26.8 Å². The number of ether oxygens (including phenoxy) is 1. The maximum atomic E-state index is 6.47. The van der Waals surface area contributed by atoms with Gasteiger partial charge in [-0.25, -0.2) is 0 Å². The molecule has 0 fully saturated rings. The zero-order valence-corrected chi connectivity index (χ0v) is 14.8. The van der Waals surface area contributed by atoms with Crippen molar-refractivity contribution in [1.82, 2.24) is 15.1 Å². The van der Waals surface area contributed by atoms with E-state index < -0.39 is 0 Å². The van der Waals surface area contributed by atoms with E-state index in [1.54, 1.807) is 7.11 Å². The van der Waals surface area contributed by atoms with Crippen LogP contribution >= 0.6 is 11.6 Å². The molecule has 1 aromatic rings. The Kier molecular flexibility index (Phi) is 8.30. The lowest BCUT2D eigenvalue weighted by Crippen LogP contribution is -2.28. The van der Waals surface area contributed by atoms with Gasteiger partial charge >= 0.3 is 0 Å². The molecule has 1 unspecified atom stereocenters. The summed E-state index contributed by atoms with van der Waals surface area (Å²) >= 11 is 6.47. The fourth-order valence-corrected chi connectivity index (χ4v) is 3.07. The van der Waals surface area contributed by atoms with Crippen molar-refractivity contribution >= 4 is 11.6 Å². The van der Waals surface area contributed by atoms with Crippen LogP contribution in [0.4, 0.5) is 0 Å². The first-order valence-corrected chi connectivity index (χ1v) is 8.27. The van der Waals surface area contributed by atoms with Crippen LogP contribution in [0.1, 0.15) is 38.6 Å². The molecule has 0 radical (unpaired) electrons. The number of methoxy groups -OCH3 is 1. The van der Waals surface area contributed by atoms with E-state index in [1.165, 1.54) is 6.42 Å². The van der Waals surface area contributed by atoms with Gasteiger partial charge < -0.3 is 10.1 Å². The zero-order chi connectivity index (χ0) is 15.8. The molecule has 0 aliphatic heterocycles. The van der Waals surface area contributed by atoms with Gasteiger partial charge in [0.25, 0.3) is 0 Å². The second-order valence-electron chi connectivity index (χ2n) is 6.08. The van der Waals surface area contributed by atoms with Crippen molar-refractivity contribution in [3.8, 4) is 0 Å². The van der Waals surface area contributed by atoms with E-state index in [0.29, 0.717) is 11.8 Å². The molecule has 1 heterocycles. The maximum Gasteiger partial charge on any atom is 0.0849 e. The standard InChI is InChI=1S/C16H30ClN3O/c1-6-14-16(17)15(20(4)19-14)10-13(9-12(2)3)11-18-7-8-21-5/h12-13,18H,6-11H2,1-5H3. The third kappa shape index (κ3) is 5.97. The molecule has 0 amide bonds.